The molecule has 0 saturated heterocycles. The molecule has 6 heteroatoms. The summed E-state index contributed by atoms with van der Waals surface area (Å²) >= 11 is 0. The Kier molecular flexibility index (Phi) is 7.64. The molecule has 1 aromatic carbocycles. The minimum absolute atomic E-state index is 0.397. The fourth-order valence-corrected chi connectivity index (χ4v) is 1.18. The van der Waals surface area contributed by atoms with Crippen molar-refractivity contribution in [2.24, 2.45) is 0 Å². The van der Waals surface area contributed by atoms with Crippen molar-refractivity contribution >= 4 is 11.9 Å². The number of carbonyl (C=O) groups is 2. The van der Waals surface area contributed by atoms with Crippen LogP contribution in [-0.4, -0.2) is 36.2 Å². The highest BCUT2D eigenvalue weighted by Gasteiger charge is 2.01. The van der Waals surface area contributed by atoms with Gasteiger partial charge in [-0.3, -0.25) is 0 Å². The maximum Gasteiger partial charge on any atom is 0.328 e. The van der Waals surface area contributed by atoms with Crippen molar-refractivity contribution < 1.29 is 29.8 Å². The van der Waals surface area contributed by atoms with Gasteiger partial charge in [-0.25, -0.2) is 4.79 Å². The van der Waals surface area contributed by atoms with Gasteiger partial charge in [-0.05, 0) is 18.2 Å². The molecule has 0 fully saturated rings. The lowest BCUT2D eigenvalue weighted by molar-refractivity contribution is -0.872. The van der Waals surface area contributed by atoms with Crippen LogP contribution in [0.5, 0.6) is 5.75 Å². The Morgan fingerprint density at radius 3 is 2.21 bits per heavy atom. The summed E-state index contributed by atoms with van der Waals surface area (Å²) in [5.41, 5.74) is 1.01. The predicted octanol–water partition coefficient (Wildman–Crippen LogP) is -1.59. The van der Waals surface area contributed by atoms with E-state index in [9.17, 15) is 19.8 Å². The maximum atomic E-state index is 9.53. The van der Waals surface area contributed by atoms with Crippen molar-refractivity contribution in [3.8, 4) is 5.75 Å². The number of carboxylic acids is 2. The first-order chi connectivity index (χ1) is 8.82. The Morgan fingerprint density at radius 1 is 1.26 bits per heavy atom. The third-order valence-electron chi connectivity index (χ3n) is 1.90. The van der Waals surface area contributed by atoms with Crippen molar-refractivity contribution in [1.82, 2.24) is 0 Å². The molecule has 1 aromatic rings. The Balaban J connectivity index is 0.000000362. The first-order valence-electron chi connectivity index (χ1n) is 5.50. The van der Waals surface area contributed by atoms with Crippen molar-refractivity contribution in [3.05, 3.63) is 42.0 Å². The number of phenols is 1. The second-order valence-corrected chi connectivity index (χ2v) is 4.00. The van der Waals surface area contributed by atoms with Gasteiger partial charge in [0.1, 0.15) is 12.3 Å². The van der Waals surface area contributed by atoms with Gasteiger partial charge in [0.2, 0.25) is 0 Å². The topological polar surface area (TPSA) is 102 Å². The summed E-state index contributed by atoms with van der Waals surface area (Å²) in [5, 5.41) is 26.6. The van der Waals surface area contributed by atoms with Gasteiger partial charge in [-0.2, -0.15) is 0 Å². The van der Waals surface area contributed by atoms with Crippen molar-refractivity contribution in [1.29, 1.82) is 0 Å². The van der Waals surface area contributed by atoms with E-state index in [1.54, 1.807) is 6.07 Å². The molecule has 0 radical (unpaired) electrons. The lowest BCUT2D eigenvalue weighted by Gasteiger charge is -2.07. The maximum absolute atomic E-state index is 9.53. The number of nitrogens with one attached hydrogen (secondary N) is 1. The summed E-state index contributed by atoms with van der Waals surface area (Å²) < 4.78 is 0. The van der Waals surface area contributed by atoms with E-state index in [2.05, 4.69) is 14.1 Å². The summed E-state index contributed by atoms with van der Waals surface area (Å²) in [4.78, 5) is 20.3. The van der Waals surface area contributed by atoms with Crippen LogP contribution in [0.3, 0.4) is 0 Å². The molecule has 0 aromatic heterocycles. The predicted molar refractivity (Wildman–Crippen MR) is 66.4 cm³/mol. The lowest BCUT2D eigenvalue weighted by Crippen LogP contribution is -3.04. The molecule has 0 unspecified atom stereocenters. The quantitative estimate of drug-likeness (QED) is 0.571. The van der Waals surface area contributed by atoms with Crippen molar-refractivity contribution in [3.63, 3.8) is 0 Å². The number of aromatic hydroxyl groups is 1. The third kappa shape index (κ3) is 9.37. The number of benzene rings is 1. The van der Waals surface area contributed by atoms with E-state index >= 15 is 0 Å². The molecule has 3 N–H and O–H groups in total. The number of carboxylic acid groups (broad SMARTS) is 2. The van der Waals surface area contributed by atoms with E-state index in [1.807, 2.05) is 18.2 Å². The van der Waals surface area contributed by atoms with Crippen molar-refractivity contribution in [2.75, 3.05) is 14.1 Å². The number of phenolic OH excluding ortho intramolecular Hbond substituents is 1. The zero-order valence-corrected chi connectivity index (χ0v) is 10.8. The summed E-state index contributed by atoms with van der Waals surface area (Å²) in [5.74, 6) is -2.41. The van der Waals surface area contributed by atoms with Crippen LogP contribution < -0.4 is 10.0 Å². The first-order valence-corrected chi connectivity index (χ1v) is 5.50. The van der Waals surface area contributed by atoms with Gasteiger partial charge in [0.25, 0.3) is 0 Å². The molecule has 6 nitrogen and oxygen atoms in total. The van der Waals surface area contributed by atoms with Crippen LogP contribution in [0.2, 0.25) is 0 Å². The standard InChI is InChI=1S/C9H13NO.C4H4O4/c1-10(2)7-8-5-3-4-6-9(8)11;5-3(6)1-2-4(7)8/h3-6,11H,7H2,1-2H3;1-2H,(H,5,6)(H,7,8)/b;2-1+. The number of hydrogen-bond acceptors (Lipinski definition) is 4. The number of carbonyl (C=O) groups excluding carboxylic acids is 1. The van der Waals surface area contributed by atoms with Gasteiger partial charge in [-0.15, -0.1) is 0 Å². The Morgan fingerprint density at radius 2 is 1.84 bits per heavy atom. The average molecular weight is 267 g/mol. The zero-order chi connectivity index (χ0) is 14.8. The van der Waals surface area contributed by atoms with Crippen LogP contribution in [0.1, 0.15) is 5.56 Å². The lowest BCUT2D eigenvalue weighted by atomic mass is 10.2. The molecule has 19 heavy (non-hydrogen) atoms. The van der Waals surface area contributed by atoms with E-state index in [4.69, 9.17) is 5.11 Å². The summed E-state index contributed by atoms with van der Waals surface area (Å²) in [6.45, 7) is 0.868. The van der Waals surface area contributed by atoms with Crippen LogP contribution in [0, 0.1) is 0 Å². The SMILES string of the molecule is C[NH+](C)Cc1ccccc1O.O=C([O-])/C=C/C(=O)O. The number of quaternary nitrogens is 1. The second-order valence-electron chi connectivity index (χ2n) is 4.00. The highest BCUT2D eigenvalue weighted by Crippen LogP contribution is 2.13. The summed E-state index contributed by atoms with van der Waals surface area (Å²) in [6.07, 6.45) is 0.942. The van der Waals surface area contributed by atoms with Gasteiger partial charge >= 0.3 is 5.97 Å². The van der Waals surface area contributed by atoms with Crippen LogP contribution in [-0.2, 0) is 16.1 Å². The van der Waals surface area contributed by atoms with Crippen LogP contribution >= 0.6 is 0 Å². The molecule has 1 rings (SSSR count). The number of hydrogen-bond donors (Lipinski definition) is 3. The minimum Gasteiger partial charge on any atom is -0.545 e. The Bertz CT molecular complexity index is 438. The first kappa shape index (κ1) is 16.7. The van der Waals surface area contributed by atoms with Gasteiger partial charge in [0, 0.05) is 11.6 Å². The normalized spacial score (nSPS) is 10.1. The van der Waals surface area contributed by atoms with E-state index in [-0.39, 0.29) is 0 Å². The van der Waals surface area contributed by atoms with Gasteiger partial charge in [0.15, 0.2) is 0 Å². The zero-order valence-electron chi connectivity index (χ0n) is 10.8. The fraction of sp³-hybridized carbons (Fsp3) is 0.231. The molecule has 0 aliphatic rings. The number of para-hydroxylation sites is 1. The molecule has 104 valence electrons. The monoisotopic (exact) mass is 267 g/mol. The molecular weight excluding hydrogens is 250 g/mol. The molecule has 0 spiro atoms. The Hall–Kier alpha value is -2.34. The molecule has 0 heterocycles. The minimum atomic E-state index is -1.51. The number of aliphatic carboxylic acids is 2. The molecule has 0 amide bonds. The fourth-order valence-electron chi connectivity index (χ4n) is 1.18. The molecule has 0 atom stereocenters. The highest BCUT2D eigenvalue weighted by molar-refractivity contribution is 5.88. The molecule has 0 aliphatic heterocycles. The van der Waals surface area contributed by atoms with Crippen LogP contribution in [0.4, 0.5) is 0 Å². The number of rotatable bonds is 4. The molecule has 0 saturated carbocycles. The molecule has 0 bridgehead atoms. The third-order valence-corrected chi connectivity index (χ3v) is 1.90. The second kappa shape index (κ2) is 8.71. The van der Waals surface area contributed by atoms with Crippen LogP contribution in [0.15, 0.2) is 36.4 Å². The van der Waals surface area contributed by atoms with Gasteiger partial charge < -0.3 is 25.0 Å². The molecular formula is C13H17NO5. The average Bonchev–Trinajstić information content (AvgIpc) is 2.30. The largest absolute Gasteiger partial charge is 0.545 e. The van der Waals surface area contributed by atoms with E-state index in [0.29, 0.717) is 17.9 Å². The van der Waals surface area contributed by atoms with E-state index < -0.39 is 11.9 Å². The summed E-state index contributed by atoms with van der Waals surface area (Å²) in [6, 6.07) is 7.45. The summed E-state index contributed by atoms with van der Waals surface area (Å²) in [7, 11) is 4.12. The van der Waals surface area contributed by atoms with E-state index in [0.717, 1.165) is 12.1 Å². The van der Waals surface area contributed by atoms with Crippen LogP contribution in [0.25, 0.3) is 0 Å². The smallest absolute Gasteiger partial charge is 0.328 e. The highest BCUT2D eigenvalue weighted by atomic mass is 16.4. The van der Waals surface area contributed by atoms with Gasteiger partial charge in [0.05, 0.1) is 20.1 Å². The van der Waals surface area contributed by atoms with E-state index in [1.165, 1.54) is 4.90 Å². The van der Waals surface area contributed by atoms with Gasteiger partial charge in [-0.1, -0.05) is 12.1 Å². The van der Waals surface area contributed by atoms with Crippen molar-refractivity contribution in [2.45, 2.75) is 6.54 Å². The Labute approximate surface area is 111 Å². The molecule has 0 aliphatic carbocycles.